The molecule has 1 N–H and O–H groups in total. The molecule has 2 heterocycles. The van der Waals surface area contributed by atoms with E-state index in [0.717, 1.165) is 23.8 Å². The second-order valence-electron chi connectivity index (χ2n) is 3.91. The van der Waals surface area contributed by atoms with E-state index in [9.17, 15) is 4.79 Å². The van der Waals surface area contributed by atoms with Gasteiger partial charge in [-0.15, -0.1) is 11.3 Å². The molecule has 1 aromatic rings. The third-order valence-corrected chi connectivity index (χ3v) is 3.40. The molecule has 1 saturated heterocycles. The quantitative estimate of drug-likeness (QED) is 0.820. The van der Waals surface area contributed by atoms with Gasteiger partial charge in [0, 0.05) is 25.5 Å². The molecule has 0 saturated carbocycles. The van der Waals surface area contributed by atoms with E-state index in [1.165, 1.54) is 0 Å². The molecule has 5 heteroatoms. The van der Waals surface area contributed by atoms with Crippen molar-refractivity contribution in [1.29, 1.82) is 0 Å². The maximum atomic E-state index is 11.8. The summed E-state index contributed by atoms with van der Waals surface area (Å²) in [5.74, 6) is 0.397. The molecule has 1 aliphatic heterocycles. The lowest BCUT2D eigenvalue weighted by Crippen LogP contribution is -2.51. The summed E-state index contributed by atoms with van der Waals surface area (Å²) in [5, 5.41) is 6.17. The van der Waals surface area contributed by atoms with E-state index in [0.29, 0.717) is 6.54 Å². The maximum absolute atomic E-state index is 11.8. The smallest absolute Gasteiger partial charge is 0.228 e. The highest BCUT2D eigenvalue weighted by molar-refractivity contribution is 7.09. The van der Waals surface area contributed by atoms with Gasteiger partial charge in [0.15, 0.2) is 0 Å². The number of hydrogen-bond acceptors (Lipinski definition) is 4. The van der Waals surface area contributed by atoms with E-state index >= 15 is 0 Å². The van der Waals surface area contributed by atoms with Crippen LogP contribution in [0.2, 0.25) is 0 Å². The number of carbonyl (C=O) groups is 1. The Morgan fingerprint density at radius 2 is 2.47 bits per heavy atom. The van der Waals surface area contributed by atoms with Gasteiger partial charge in [-0.25, -0.2) is 4.98 Å². The molecule has 15 heavy (non-hydrogen) atoms. The molecule has 1 fully saturated rings. The second kappa shape index (κ2) is 4.28. The van der Waals surface area contributed by atoms with Crippen LogP contribution in [0, 0.1) is 12.8 Å². The van der Waals surface area contributed by atoms with Crippen LogP contribution in [-0.4, -0.2) is 35.9 Å². The van der Waals surface area contributed by atoms with E-state index in [1.807, 2.05) is 19.4 Å². The SMILES string of the molecule is Cc1nc(CN(C)C(=O)C2CNC2)cs1. The van der Waals surface area contributed by atoms with Gasteiger partial charge in [0.1, 0.15) is 0 Å². The fourth-order valence-corrected chi connectivity index (χ4v) is 2.18. The standard InChI is InChI=1S/C10H15N3OS/c1-7-12-9(6-15-7)5-13(2)10(14)8-3-11-4-8/h6,8,11H,3-5H2,1-2H3. The number of thiazole rings is 1. The van der Waals surface area contributed by atoms with Crippen molar-refractivity contribution in [3.63, 3.8) is 0 Å². The first kappa shape index (κ1) is 10.6. The number of hydrogen-bond donors (Lipinski definition) is 1. The van der Waals surface area contributed by atoms with Crippen molar-refractivity contribution in [1.82, 2.24) is 15.2 Å². The van der Waals surface area contributed by atoms with Crippen LogP contribution in [0.25, 0.3) is 0 Å². The normalized spacial score (nSPS) is 16.1. The monoisotopic (exact) mass is 225 g/mol. The highest BCUT2D eigenvalue weighted by Crippen LogP contribution is 2.12. The van der Waals surface area contributed by atoms with E-state index < -0.39 is 0 Å². The minimum absolute atomic E-state index is 0.176. The van der Waals surface area contributed by atoms with Gasteiger partial charge in [0.05, 0.1) is 23.2 Å². The Balaban J connectivity index is 1.91. The number of nitrogens with one attached hydrogen (secondary N) is 1. The van der Waals surface area contributed by atoms with Gasteiger partial charge in [-0.05, 0) is 6.92 Å². The van der Waals surface area contributed by atoms with E-state index in [-0.39, 0.29) is 11.8 Å². The number of amides is 1. The van der Waals surface area contributed by atoms with Crippen molar-refractivity contribution < 1.29 is 4.79 Å². The summed E-state index contributed by atoms with van der Waals surface area (Å²) in [6, 6.07) is 0. The van der Waals surface area contributed by atoms with Crippen LogP contribution in [0.1, 0.15) is 10.7 Å². The van der Waals surface area contributed by atoms with Gasteiger partial charge in [-0.2, -0.15) is 0 Å². The molecule has 1 amide bonds. The predicted octanol–water partition coefficient (Wildman–Crippen LogP) is 0.629. The minimum Gasteiger partial charge on any atom is -0.340 e. The summed E-state index contributed by atoms with van der Waals surface area (Å²) >= 11 is 1.62. The summed E-state index contributed by atoms with van der Waals surface area (Å²) in [6.45, 7) is 4.24. The third kappa shape index (κ3) is 2.35. The Labute approximate surface area is 93.3 Å². The van der Waals surface area contributed by atoms with Gasteiger partial charge in [-0.1, -0.05) is 0 Å². The Bertz CT molecular complexity index is 359. The summed E-state index contributed by atoms with van der Waals surface area (Å²) in [7, 11) is 1.84. The molecule has 4 nitrogen and oxygen atoms in total. The van der Waals surface area contributed by atoms with Gasteiger partial charge >= 0.3 is 0 Å². The van der Waals surface area contributed by atoms with Crippen molar-refractivity contribution in [2.45, 2.75) is 13.5 Å². The molecule has 0 atom stereocenters. The second-order valence-corrected chi connectivity index (χ2v) is 4.97. The zero-order chi connectivity index (χ0) is 10.8. The van der Waals surface area contributed by atoms with Crippen molar-refractivity contribution in [3.8, 4) is 0 Å². The lowest BCUT2D eigenvalue weighted by molar-refractivity contribution is -0.136. The van der Waals surface area contributed by atoms with Crippen LogP contribution < -0.4 is 5.32 Å². The molecular weight excluding hydrogens is 210 g/mol. The van der Waals surface area contributed by atoms with Gasteiger partial charge < -0.3 is 10.2 Å². The van der Waals surface area contributed by atoms with Crippen LogP contribution >= 0.6 is 11.3 Å². The maximum Gasteiger partial charge on any atom is 0.228 e. The van der Waals surface area contributed by atoms with Crippen LogP contribution in [0.3, 0.4) is 0 Å². The fourth-order valence-electron chi connectivity index (χ4n) is 1.58. The average molecular weight is 225 g/mol. The molecule has 0 aliphatic carbocycles. The molecule has 0 bridgehead atoms. The number of aryl methyl sites for hydroxylation is 1. The lowest BCUT2D eigenvalue weighted by Gasteiger charge is -2.29. The first-order chi connectivity index (χ1) is 7.16. The van der Waals surface area contributed by atoms with Crippen molar-refractivity contribution >= 4 is 17.2 Å². The van der Waals surface area contributed by atoms with Crippen molar-refractivity contribution in [2.24, 2.45) is 5.92 Å². The largest absolute Gasteiger partial charge is 0.340 e. The van der Waals surface area contributed by atoms with Crippen LogP contribution in [0.4, 0.5) is 0 Å². The zero-order valence-corrected chi connectivity index (χ0v) is 9.80. The third-order valence-electron chi connectivity index (χ3n) is 2.57. The summed E-state index contributed by atoms with van der Waals surface area (Å²) in [6.07, 6.45) is 0. The Morgan fingerprint density at radius 1 is 1.73 bits per heavy atom. The Morgan fingerprint density at radius 3 is 2.93 bits per heavy atom. The molecule has 1 aromatic heterocycles. The van der Waals surface area contributed by atoms with Crippen LogP contribution in [0.15, 0.2) is 5.38 Å². The first-order valence-electron chi connectivity index (χ1n) is 5.03. The van der Waals surface area contributed by atoms with Crippen LogP contribution in [0.5, 0.6) is 0 Å². The van der Waals surface area contributed by atoms with E-state index in [1.54, 1.807) is 16.2 Å². The number of rotatable bonds is 3. The van der Waals surface area contributed by atoms with Gasteiger partial charge in [0.25, 0.3) is 0 Å². The summed E-state index contributed by atoms with van der Waals surface area (Å²) in [5.41, 5.74) is 0.987. The Kier molecular flexibility index (Phi) is 3.02. The lowest BCUT2D eigenvalue weighted by atomic mass is 10.0. The average Bonchev–Trinajstić information content (AvgIpc) is 2.48. The van der Waals surface area contributed by atoms with Gasteiger partial charge in [-0.3, -0.25) is 4.79 Å². The van der Waals surface area contributed by atoms with Crippen LogP contribution in [-0.2, 0) is 11.3 Å². The molecule has 0 aromatic carbocycles. The fraction of sp³-hybridized carbons (Fsp3) is 0.600. The Hall–Kier alpha value is -0.940. The predicted molar refractivity (Wildman–Crippen MR) is 59.7 cm³/mol. The number of aromatic nitrogens is 1. The first-order valence-corrected chi connectivity index (χ1v) is 5.91. The summed E-state index contributed by atoms with van der Waals surface area (Å²) < 4.78 is 0. The molecule has 2 rings (SSSR count). The molecule has 82 valence electrons. The van der Waals surface area contributed by atoms with Crippen molar-refractivity contribution in [3.05, 3.63) is 16.1 Å². The number of nitrogens with zero attached hydrogens (tertiary/aromatic N) is 2. The van der Waals surface area contributed by atoms with Gasteiger partial charge in [0.2, 0.25) is 5.91 Å². The minimum atomic E-state index is 0.176. The van der Waals surface area contributed by atoms with Crippen molar-refractivity contribution in [2.75, 3.05) is 20.1 Å². The molecular formula is C10H15N3OS. The van der Waals surface area contributed by atoms with E-state index in [2.05, 4.69) is 10.3 Å². The summed E-state index contributed by atoms with van der Waals surface area (Å²) in [4.78, 5) is 17.9. The molecule has 0 radical (unpaired) electrons. The molecule has 0 unspecified atom stereocenters. The van der Waals surface area contributed by atoms with E-state index in [4.69, 9.17) is 0 Å². The molecule has 1 aliphatic rings. The molecule has 0 spiro atoms. The highest BCUT2D eigenvalue weighted by Gasteiger charge is 2.27. The topological polar surface area (TPSA) is 45.2 Å². The number of carbonyl (C=O) groups excluding carboxylic acids is 1. The zero-order valence-electron chi connectivity index (χ0n) is 8.99. The highest BCUT2D eigenvalue weighted by atomic mass is 32.1.